The number of anilines is 1. The van der Waals surface area contributed by atoms with E-state index in [1.54, 1.807) is 24.3 Å². The van der Waals surface area contributed by atoms with E-state index in [0.29, 0.717) is 23.8 Å². The fourth-order valence-electron chi connectivity index (χ4n) is 1.17. The summed E-state index contributed by atoms with van der Waals surface area (Å²) in [5.41, 5.74) is 11.9. The van der Waals surface area contributed by atoms with Gasteiger partial charge in [0.05, 0.1) is 0 Å². The molecule has 0 atom stereocenters. The van der Waals surface area contributed by atoms with Gasteiger partial charge in [-0.3, -0.25) is 9.79 Å². The zero-order valence-corrected chi connectivity index (χ0v) is 9.23. The van der Waals surface area contributed by atoms with E-state index in [-0.39, 0.29) is 0 Å². The Hall–Kier alpha value is -2.04. The summed E-state index contributed by atoms with van der Waals surface area (Å²) in [5, 5.41) is 2.89. The van der Waals surface area contributed by atoms with Crippen molar-refractivity contribution in [2.75, 3.05) is 11.9 Å². The summed E-state index contributed by atoms with van der Waals surface area (Å²) in [6.07, 6.45) is 0.934. The Bertz CT molecular complexity index is 401. The van der Waals surface area contributed by atoms with Gasteiger partial charge in [-0.25, -0.2) is 0 Å². The van der Waals surface area contributed by atoms with E-state index in [0.717, 1.165) is 6.42 Å². The first kappa shape index (κ1) is 12.0. The summed E-state index contributed by atoms with van der Waals surface area (Å²) < 4.78 is 0. The third-order valence-corrected chi connectivity index (χ3v) is 1.93. The number of hydrogen-bond donors (Lipinski definition) is 3. The lowest BCUT2D eigenvalue weighted by Gasteiger charge is -2.06. The summed E-state index contributed by atoms with van der Waals surface area (Å²) in [5.74, 6) is -0.129. The van der Waals surface area contributed by atoms with Gasteiger partial charge in [-0.1, -0.05) is 13.0 Å². The molecule has 1 rings (SSSR count). The summed E-state index contributed by atoms with van der Waals surface area (Å²) in [6.45, 7) is 2.69. The lowest BCUT2D eigenvalue weighted by atomic mass is 10.2. The maximum atomic E-state index is 10.9. The Morgan fingerprint density at radius 2 is 2.19 bits per heavy atom. The number of nitrogens with two attached hydrogens (primary N) is 2. The highest BCUT2D eigenvalue weighted by molar-refractivity contribution is 5.96. The second-order valence-electron chi connectivity index (χ2n) is 3.34. The van der Waals surface area contributed by atoms with Crippen molar-refractivity contribution in [1.29, 1.82) is 0 Å². The van der Waals surface area contributed by atoms with Gasteiger partial charge in [-0.2, -0.15) is 0 Å². The molecule has 0 aliphatic carbocycles. The number of benzene rings is 1. The van der Waals surface area contributed by atoms with Crippen molar-refractivity contribution in [2.24, 2.45) is 16.5 Å². The van der Waals surface area contributed by atoms with Crippen LogP contribution in [-0.2, 0) is 0 Å². The van der Waals surface area contributed by atoms with Crippen LogP contribution < -0.4 is 16.8 Å². The lowest BCUT2D eigenvalue weighted by Crippen LogP contribution is -2.23. The highest BCUT2D eigenvalue weighted by Crippen LogP contribution is 2.09. The maximum Gasteiger partial charge on any atom is 0.248 e. The quantitative estimate of drug-likeness (QED) is 0.520. The Morgan fingerprint density at radius 1 is 1.44 bits per heavy atom. The molecule has 86 valence electrons. The van der Waals surface area contributed by atoms with Crippen LogP contribution >= 0.6 is 0 Å². The van der Waals surface area contributed by atoms with Crippen molar-refractivity contribution >= 4 is 17.6 Å². The molecule has 0 heterocycles. The van der Waals surface area contributed by atoms with E-state index in [1.807, 2.05) is 6.92 Å². The van der Waals surface area contributed by atoms with E-state index >= 15 is 0 Å². The summed E-state index contributed by atoms with van der Waals surface area (Å²) in [7, 11) is 0. The third-order valence-electron chi connectivity index (χ3n) is 1.93. The molecule has 0 saturated heterocycles. The van der Waals surface area contributed by atoms with E-state index in [9.17, 15) is 4.79 Å². The van der Waals surface area contributed by atoms with Crippen LogP contribution in [0.1, 0.15) is 23.7 Å². The smallest absolute Gasteiger partial charge is 0.248 e. The first-order valence-electron chi connectivity index (χ1n) is 5.10. The standard InChI is InChI=1S/C11H16N4O/c1-2-6-14-11(13)15-9-5-3-4-8(7-9)10(12)16/h3-5,7H,2,6H2,1H3,(H2,12,16)(H3,13,14,15). The fourth-order valence-corrected chi connectivity index (χ4v) is 1.17. The van der Waals surface area contributed by atoms with Gasteiger partial charge < -0.3 is 16.8 Å². The molecule has 5 nitrogen and oxygen atoms in total. The van der Waals surface area contributed by atoms with Gasteiger partial charge >= 0.3 is 0 Å². The van der Waals surface area contributed by atoms with Gasteiger partial charge in [0.1, 0.15) is 0 Å². The molecule has 5 heteroatoms. The second kappa shape index (κ2) is 5.75. The first-order chi connectivity index (χ1) is 7.63. The number of primary amides is 1. The van der Waals surface area contributed by atoms with Gasteiger partial charge in [-0.15, -0.1) is 0 Å². The van der Waals surface area contributed by atoms with Crippen LogP contribution in [0.25, 0.3) is 0 Å². The Labute approximate surface area is 94.5 Å². The van der Waals surface area contributed by atoms with Crippen molar-refractivity contribution in [3.63, 3.8) is 0 Å². The SMILES string of the molecule is CCCN=C(N)Nc1cccc(C(N)=O)c1. The summed E-state index contributed by atoms with van der Waals surface area (Å²) >= 11 is 0. The topological polar surface area (TPSA) is 93.5 Å². The van der Waals surface area contributed by atoms with Gasteiger partial charge in [0.2, 0.25) is 5.91 Å². The van der Waals surface area contributed by atoms with Crippen molar-refractivity contribution in [2.45, 2.75) is 13.3 Å². The molecular formula is C11H16N4O. The molecule has 0 aliphatic heterocycles. The molecule has 0 saturated carbocycles. The molecule has 0 fully saturated rings. The lowest BCUT2D eigenvalue weighted by molar-refractivity contribution is 0.100. The zero-order valence-electron chi connectivity index (χ0n) is 9.23. The third kappa shape index (κ3) is 3.61. The minimum atomic E-state index is -0.465. The number of amides is 1. The number of guanidine groups is 1. The summed E-state index contributed by atoms with van der Waals surface area (Å²) in [4.78, 5) is 15.0. The van der Waals surface area contributed by atoms with Crippen molar-refractivity contribution in [1.82, 2.24) is 0 Å². The molecule has 0 aromatic heterocycles. The van der Waals surface area contributed by atoms with E-state index < -0.39 is 5.91 Å². The van der Waals surface area contributed by atoms with Crippen LogP contribution in [0.2, 0.25) is 0 Å². The number of nitrogens with one attached hydrogen (secondary N) is 1. The Balaban J connectivity index is 2.74. The average Bonchev–Trinajstić information content (AvgIpc) is 2.26. The van der Waals surface area contributed by atoms with Crippen molar-refractivity contribution in [3.05, 3.63) is 29.8 Å². The van der Waals surface area contributed by atoms with Crippen LogP contribution in [0.15, 0.2) is 29.3 Å². The Morgan fingerprint density at radius 3 is 2.81 bits per heavy atom. The molecule has 16 heavy (non-hydrogen) atoms. The fraction of sp³-hybridized carbons (Fsp3) is 0.273. The van der Waals surface area contributed by atoms with Crippen LogP contribution in [0.4, 0.5) is 5.69 Å². The van der Waals surface area contributed by atoms with Crippen LogP contribution in [0.3, 0.4) is 0 Å². The molecule has 1 aromatic carbocycles. The average molecular weight is 220 g/mol. The molecule has 0 aliphatic rings. The maximum absolute atomic E-state index is 10.9. The number of hydrogen-bond acceptors (Lipinski definition) is 2. The number of rotatable bonds is 4. The van der Waals surface area contributed by atoms with E-state index in [2.05, 4.69) is 10.3 Å². The predicted octanol–water partition coefficient (Wildman–Crippen LogP) is 0.922. The molecule has 0 radical (unpaired) electrons. The molecule has 0 unspecified atom stereocenters. The van der Waals surface area contributed by atoms with Crippen LogP contribution in [-0.4, -0.2) is 18.4 Å². The van der Waals surface area contributed by atoms with Gasteiger partial charge in [0, 0.05) is 17.8 Å². The molecular weight excluding hydrogens is 204 g/mol. The van der Waals surface area contributed by atoms with Crippen LogP contribution in [0, 0.1) is 0 Å². The van der Waals surface area contributed by atoms with Crippen LogP contribution in [0.5, 0.6) is 0 Å². The number of carbonyl (C=O) groups is 1. The minimum absolute atomic E-state index is 0.337. The number of nitrogens with zero attached hydrogens (tertiary/aromatic N) is 1. The molecule has 5 N–H and O–H groups in total. The van der Waals surface area contributed by atoms with E-state index in [1.165, 1.54) is 0 Å². The predicted molar refractivity (Wildman–Crippen MR) is 65.4 cm³/mol. The second-order valence-corrected chi connectivity index (χ2v) is 3.34. The van der Waals surface area contributed by atoms with E-state index in [4.69, 9.17) is 11.5 Å². The number of carbonyl (C=O) groups excluding carboxylic acids is 1. The number of aliphatic imine (C=N–C) groups is 1. The molecule has 0 spiro atoms. The largest absolute Gasteiger partial charge is 0.370 e. The minimum Gasteiger partial charge on any atom is -0.370 e. The van der Waals surface area contributed by atoms with Crippen molar-refractivity contribution in [3.8, 4) is 0 Å². The molecule has 1 amide bonds. The monoisotopic (exact) mass is 220 g/mol. The first-order valence-corrected chi connectivity index (χ1v) is 5.10. The van der Waals surface area contributed by atoms with Gasteiger partial charge in [-0.05, 0) is 24.6 Å². The van der Waals surface area contributed by atoms with Gasteiger partial charge in [0.15, 0.2) is 5.96 Å². The molecule has 1 aromatic rings. The zero-order chi connectivity index (χ0) is 12.0. The summed E-state index contributed by atoms with van der Waals surface area (Å²) in [6, 6.07) is 6.81. The molecule has 0 bridgehead atoms. The Kier molecular flexibility index (Phi) is 4.32. The van der Waals surface area contributed by atoms with Gasteiger partial charge in [0.25, 0.3) is 0 Å². The normalized spacial score (nSPS) is 11.2. The van der Waals surface area contributed by atoms with Crippen molar-refractivity contribution < 1.29 is 4.79 Å². The highest BCUT2D eigenvalue weighted by atomic mass is 16.1. The highest BCUT2D eigenvalue weighted by Gasteiger charge is 2.01.